The lowest BCUT2D eigenvalue weighted by atomic mass is 10.00. The Bertz CT molecular complexity index is 1560. The van der Waals surface area contributed by atoms with E-state index in [0.29, 0.717) is 29.2 Å². The zero-order valence-electron chi connectivity index (χ0n) is 21.8. The molecular formula is C28H32N8O2. The number of rotatable bonds is 6. The first-order valence-corrected chi connectivity index (χ1v) is 13.0. The minimum Gasteiger partial charge on any atom is -0.385 e. The highest BCUT2D eigenvalue weighted by Crippen LogP contribution is 2.37. The second kappa shape index (κ2) is 9.38. The van der Waals surface area contributed by atoms with E-state index in [0.717, 1.165) is 49.4 Å². The Morgan fingerprint density at radius 2 is 1.89 bits per heavy atom. The van der Waals surface area contributed by atoms with E-state index in [4.69, 9.17) is 4.98 Å². The molecule has 10 nitrogen and oxygen atoms in total. The van der Waals surface area contributed by atoms with E-state index in [9.17, 15) is 9.90 Å². The summed E-state index contributed by atoms with van der Waals surface area (Å²) in [6.45, 7) is 10.0. The molecule has 10 heteroatoms. The summed E-state index contributed by atoms with van der Waals surface area (Å²) in [7, 11) is 2.15. The first kappa shape index (κ1) is 24.3. The van der Waals surface area contributed by atoms with E-state index >= 15 is 0 Å². The average Bonchev–Trinajstić information content (AvgIpc) is 3.37. The predicted octanol–water partition coefficient (Wildman–Crippen LogP) is 2.81. The Hall–Kier alpha value is -4.02. The first-order valence-electron chi connectivity index (χ1n) is 13.0. The number of fused-ring (bicyclic) bond motifs is 2. The van der Waals surface area contributed by atoms with Crippen molar-refractivity contribution >= 4 is 28.4 Å². The van der Waals surface area contributed by atoms with Crippen LogP contribution in [0, 0.1) is 0 Å². The lowest BCUT2D eigenvalue weighted by Gasteiger charge is -2.34. The van der Waals surface area contributed by atoms with Crippen molar-refractivity contribution < 1.29 is 5.11 Å². The molecule has 0 saturated carbocycles. The van der Waals surface area contributed by atoms with E-state index in [1.165, 1.54) is 5.69 Å². The summed E-state index contributed by atoms with van der Waals surface area (Å²) in [5, 5.41) is 14.5. The van der Waals surface area contributed by atoms with Gasteiger partial charge in [0.1, 0.15) is 5.39 Å². The van der Waals surface area contributed by atoms with Crippen molar-refractivity contribution in [3.05, 3.63) is 76.9 Å². The van der Waals surface area contributed by atoms with Crippen molar-refractivity contribution in [1.29, 1.82) is 0 Å². The molecule has 1 atom stereocenters. The Morgan fingerprint density at radius 3 is 2.63 bits per heavy atom. The minimum atomic E-state index is -0.933. The maximum Gasteiger partial charge on any atom is 0.278 e. The number of allylic oxidation sites excluding steroid dienone is 1. The van der Waals surface area contributed by atoms with Gasteiger partial charge in [-0.15, -0.1) is 6.58 Å². The van der Waals surface area contributed by atoms with Crippen molar-refractivity contribution in [3.8, 4) is 5.82 Å². The predicted molar refractivity (Wildman–Crippen MR) is 148 cm³/mol. The van der Waals surface area contributed by atoms with Gasteiger partial charge >= 0.3 is 0 Å². The van der Waals surface area contributed by atoms with Crippen molar-refractivity contribution in [3.63, 3.8) is 0 Å². The van der Waals surface area contributed by atoms with Crippen molar-refractivity contribution in [2.75, 3.05) is 43.4 Å². The first-order chi connectivity index (χ1) is 18.3. The lowest BCUT2D eigenvalue weighted by Crippen LogP contribution is -2.44. The highest BCUT2D eigenvalue weighted by Gasteiger charge is 2.33. The fourth-order valence-corrected chi connectivity index (χ4v) is 5.36. The molecule has 3 aromatic heterocycles. The number of hydrogen-bond acceptors (Lipinski definition) is 8. The molecule has 1 saturated heterocycles. The smallest absolute Gasteiger partial charge is 0.278 e. The molecule has 1 fully saturated rings. The molecule has 0 radical (unpaired) electrons. The van der Waals surface area contributed by atoms with Crippen LogP contribution in [0.3, 0.4) is 0 Å². The molecule has 0 unspecified atom stereocenters. The highest BCUT2D eigenvalue weighted by molar-refractivity contribution is 5.77. The summed E-state index contributed by atoms with van der Waals surface area (Å²) in [6.07, 6.45) is 6.40. The summed E-state index contributed by atoms with van der Waals surface area (Å²) < 4.78 is 3.23. The number of nitrogens with zero attached hydrogens (tertiary/aromatic N) is 7. The van der Waals surface area contributed by atoms with Gasteiger partial charge in [0.25, 0.3) is 5.56 Å². The summed E-state index contributed by atoms with van der Waals surface area (Å²) >= 11 is 0. The van der Waals surface area contributed by atoms with Crippen molar-refractivity contribution in [2.24, 2.45) is 0 Å². The van der Waals surface area contributed by atoms with Crippen molar-refractivity contribution in [1.82, 2.24) is 29.2 Å². The van der Waals surface area contributed by atoms with Crippen LogP contribution in [-0.2, 0) is 18.6 Å². The average molecular weight is 513 g/mol. The number of aliphatic hydroxyl groups is 1. The number of hydrogen-bond donors (Lipinski definition) is 2. The van der Waals surface area contributed by atoms with E-state index in [1.807, 2.05) is 25.1 Å². The summed E-state index contributed by atoms with van der Waals surface area (Å²) in [4.78, 5) is 31.8. The molecule has 1 aliphatic heterocycles. The van der Waals surface area contributed by atoms with Gasteiger partial charge in [-0.3, -0.25) is 4.79 Å². The molecule has 6 rings (SSSR count). The fourth-order valence-electron chi connectivity index (χ4n) is 5.36. The second-order valence-corrected chi connectivity index (χ2v) is 10.4. The van der Waals surface area contributed by atoms with Gasteiger partial charge in [0, 0.05) is 49.9 Å². The van der Waals surface area contributed by atoms with Crippen LogP contribution in [0.1, 0.15) is 24.5 Å². The Kier molecular flexibility index (Phi) is 6.00. The molecule has 0 amide bonds. The molecule has 0 spiro atoms. The van der Waals surface area contributed by atoms with Crippen LogP contribution in [0.4, 0.5) is 17.3 Å². The minimum absolute atomic E-state index is 0.225. The number of aryl methyl sites for hydroxylation is 1. The van der Waals surface area contributed by atoms with Crippen LogP contribution in [0.15, 0.2) is 60.2 Å². The van der Waals surface area contributed by atoms with Gasteiger partial charge in [-0.1, -0.05) is 6.08 Å². The molecule has 1 aliphatic carbocycles. The van der Waals surface area contributed by atoms with Crippen molar-refractivity contribution in [2.45, 2.75) is 31.9 Å². The number of pyridine rings is 1. The summed E-state index contributed by atoms with van der Waals surface area (Å²) in [6, 6.07) is 10.1. The zero-order chi connectivity index (χ0) is 26.4. The largest absolute Gasteiger partial charge is 0.385 e. The fraction of sp³-hybridized carbons (Fsp3) is 0.357. The van der Waals surface area contributed by atoms with Crippen LogP contribution in [-0.4, -0.2) is 67.5 Å². The maximum atomic E-state index is 13.3. The lowest BCUT2D eigenvalue weighted by molar-refractivity contribution is 0.0594. The normalized spacial score (nSPS) is 19.6. The molecule has 38 heavy (non-hydrogen) atoms. The third kappa shape index (κ3) is 4.25. The maximum absolute atomic E-state index is 13.3. The second-order valence-electron chi connectivity index (χ2n) is 10.4. The van der Waals surface area contributed by atoms with Crippen LogP contribution in [0.2, 0.25) is 0 Å². The van der Waals surface area contributed by atoms with Gasteiger partial charge in [-0.2, -0.15) is 4.98 Å². The number of nitrogens with one attached hydrogen (secondary N) is 1. The third-order valence-electron chi connectivity index (χ3n) is 7.62. The Labute approximate surface area is 220 Å². The quantitative estimate of drug-likeness (QED) is 0.380. The number of piperazine rings is 1. The van der Waals surface area contributed by atoms with Crippen LogP contribution >= 0.6 is 0 Å². The van der Waals surface area contributed by atoms with Crippen LogP contribution in [0.25, 0.3) is 16.9 Å². The monoisotopic (exact) mass is 512 g/mol. The van der Waals surface area contributed by atoms with E-state index in [2.05, 4.69) is 50.8 Å². The SMILES string of the molecule is C=CCn1c(=O)c2cnc(Nc3ccc(N4CCN(C)CC4)cc3)nc2n1-c1cc2c(cn1)CC[C@]2(C)O. The number of aromatic nitrogens is 5. The van der Waals surface area contributed by atoms with Crippen LogP contribution in [0.5, 0.6) is 0 Å². The standard InChI is InChI=1S/C28H32N8O2/c1-4-11-35-26(37)22-18-30-27(31-20-5-7-21(8-6-20)34-14-12-33(3)13-15-34)32-25(22)36(35)24-16-23-19(17-29-24)9-10-28(23,2)38/h4-8,16-18,38H,1,9-15H2,2-3H3,(H,30,31,32)/t28-/m0/s1. The van der Waals surface area contributed by atoms with Gasteiger partial charge in [-0.25, -0.2) is 19.3 Å². The molecule has 4 aromatic rings. The van der Waals surface area contributed by atoms with Gasteiger partial charge in [0.2, 0.25) is 5.95 Å². The van der Waals surface area contributed by atoms with E-state index in [-0.39, 0.29) is 12.1 Å². The molecule has 1 aromatic carbocycles. The van der Waals surface area contributed by atoms with Gasteiger partial charge < -0.3 is 20.2 Å². The Balaban J connectivity index is 1.36. The van der Waals surface area contributed by atoms with Gasteiger partial charge in [0.15, 0.2) is 11.5 Å². The number of likely N-dealkylation sites (N-methyl/N-ethyl adjacent to an activating group) is 1. The molecule has 2 N–H and O–H groups in total. The topological polar surface area (TPSA) is 104 Å². The molecule has 0 bridgehead atoms. The summed E-state index contributed by atoms with van der Waals surface area (Å²) in [5.41, 5.74) is 3.17. The summed E-state index contributed by atoms with van der Waals surface area (Å²) in [5.74, 6) is 0.892. The number of anilines is 3. The molecular weight excluding hydrogens is 480 g/mol. The highest BCUT2D eigenvalue weighted by atomic mass is 16.3. The van der Waals surface area contributed by atoms with Gasteiger partial charge in [0.05, 0.1) is 12.1 Å². The molecule has 4 heterocycles. The number of benzene rings is 1. The van der Waals surface area contributed by atoms with Crippen LogP contribution < -0.4 is 15.8 Å². The third-order valence-corrected chi connectivity index (χ3v) is 7.62. The van der Waals surface area contributed by atoms with E-state index in [1.54, 1.807) is 27.8 Å². The van der Waals surface area contributed by atoms with E-state index < -0.39 is 5.60 Å². The zero-order valence-corrected chi connectivity index (χ0v) is 21.8. The molecule has 2 aliphatic rings. The van der Waals surface area contributed by atoms with Gasteiger partial charge in [-0.05, 0) is 68.3 Å². The molecule has 196 valence electrons. The Morgan fingerprint density at radius 1 is 1.13 bits per heavy atom.